The van der Waals surface area contributed by atoms with Crippen molar-refractivity contribution in [3.05, 3.63) is 28.8 Å². The normalized spacial score (nSPS) is 9.93. The van der Waals surface area contributed by atoms with E-state index in [4.69, 9.17) is 21.8 Å². The number of hydrogen-bond acceptors (Lipinski definition) is 3. The largest absolute Gasteiger partial charge is 0.481 e. The van der Waals surface area contributed by atoms with E-state index in [1.807, 2.05) is 0 Å². The number of carbonyl (C=O) groups is 2. The van der Waals surface area contributed by atoms with Gasteiger partial charge in [0.15, 0.2) is 0 Å². The lowest BCUT2D eigenvalue weighted by atomic mass is 10.2. The minimum atomic E-state index is -1.10. The topological polar surface area (TPSA) is 74.6 Å². The van der Waals surface area contributed by atoms with Crippen LogP contribution in [0, 0.1) is 0 Å². The number of thioether (sulfide) groups is 1. The molecule has 0 atom stereocenters. The summed E-state index contributed by atoms with van der Waals surface area (Å²) in [4.78, 5) is 21.5. The number of hydrogen-bond donors (Lipinski definition) is 2. The lowest BCUT2D eigenvalue weighted by Gasteiger charge is -2.04. The zero-order chi connectivity index (χ0) is 11.4. The molecule has 0 heterocycles. The first kappa shape index (κ1) is 11.9. The van der Waals surface area contributed by atoms with Gasteiger partial charge >= 0.3 is 11.9 Å². The summed E-state index contributed by atoms with van der Waals surface area (Å²) in [5.74, 6) is -2.29. The maximum atomic E-state index is 10.8. The number of carboxylic acid groups (broad SMARTS) is 2. The van der Waals surface area contributed by atoms with Gasteiger partial charge in [0.1, 0.15) is 0 Å². The van der Waals surface area contributed by atoms with Gasteiger partial charge in [-0.2, -0.15) is 0 Å². The van der Waals surface area contributed by atoms with E-state index >= 15 is 0 Å². The molecule has 1 aromatic carbocycles. The second kappa shape index (κ2) is 5.04. The molecule has 0 aliphatic rings. The Kier molecular flexibility index (Phi) is 3.99. The highest BCUT2D eigenvalue weighted by Gasteiger charge is 2.11. The van der Waals surface area contributed by atoms with Crippen molar-refractivity contribution in [2.45, 2.75) is 4.90 Å². The molecule has 1 aromatic rings. The fourth-order valence-electron chi connectivity index (χ4n) is 0.932. The van der Waals surface area contributed by atoms with E-state index in [-0.39, 0.29) is 11.3 Å². The van der Waals surface area contributed by atoms with Gasteiger partial charge in [-0.1, -0.05) is 11.6 Å². The summed E-state index contributed by atoms with van der Waals surface area (Å²) in [7, 11) is 0. The molecule has 0 bridgehead atoms. The summed E-state index contributed by atoms with van der Waals surface area (Å²) in [6, 6.07) is 4.25. The summed E-state index contributed by atoms with van der Waals surface area (Å²) >= 11 is 6.62. The number of benzene rings is 1. The van der Waals surface area contributed by atoms with Crippen LogP contribution in [0.15, 0.2) is 23.1 Å². The van der Waals surface area contributed by atoms with Crippen LogP contribution in [0.3, 0.4) is 0 Å². The Balaban J connectivity index is 2.96. The quantitative estimate of drug-likeness (QED) is 0.797. The third kappa shape index (κ3) is 3.45. The van der Waals surface area contributed by atoms with E-state index in [9.17, 15) is 9.59 Å². The number of rotatable bonds is 4. The van der Waals surface area contributed by atoms with Crippen LogP contribution in [-0.4, -0.2) is 27.9 Å². The Hall–Kier alpha value is -1.20. The number of halogens is 1. The minimum Gasteiger partial charge on any atom is -0.481 e. The van der Waals surface area contributed by atoms with E-state index in [1.54, 1.807) is 0 Å². The molecule has 0 amide bonds. The van der Waals surface area contributed by atoms with Gasteiger partial charge in [-0.3, -0.25) is 4.79 Å². The maximum Gasteiger partial charge on any atom is 0.336 e. The van der Waals surface area contributed by atoms with Crippen LogP contribution in [0.1, 0.15) is 10.4 Å². The highest BCUT2D eigenvalue weighted by atomic mass is 35.5. The van der Waals surface area contributed by atoms with Gasteiger partial charge in [0, 0.05) is 9.92 Å². The number of carboxylic acids is 2. The standard InChI is InChI=1S/C9H7ClO4S/c10-5-1-2-6(9(13)14)7(3-5)15-4-8(11)12/h1-3H,4H2,(H,11,12)(H,13,14). The lowest BCUT2D eigenvalue weighted by molar-refractivity contribution is -0.133. The van der Waals surface area contributed by atoms with Gasteiger partial charge in [0.25, 0.3) is 0 Å². The fourth-order valence-corrected chi connectivity index (χ4v) is 1.97. The second-order valence-corrected chi connectivity index (χ2v) is 4.08. The smallest absolute Gasteiger partial charge is 0.336 e. The highest BCUT2D eigenvalue weighted by Crippen LogP contribution is 2.26. The van der Waals surface area contributed by atoms with Gasteiger partial charge in [0.05, 0.1) is 11.3 Å². The maximum absolute atomic E-state index is 10.8. The molecule has 0 spiro atoms. The van der Waals surface area contributed by atoms with Crippen molar-refractivity contribution in [3.63, 3.8) is 0 Å². The summed E-state index contributed by atoms with van der Waals surface area (Å²) in [5.41, 5.74) is 0.0608. The Morgan fingerprint density at radius 1 is 1.33 bits per heavy atom. The van der Waals surface area contributed by atoms with Crippen LogP contribution in [0.2, 0.25) is 5.02 Å². The van der Waals surface area contributed by atoms with Gasteiger partial charge in [-0.25, -0.2) is 4.79 Å². The molecule has 0 aliphatic heterocycles. The van der Waals surface area contributed by atoms with Gasteiger partial charge in [-0.05, 0) is 18.2 Å². The molecule has 0 aliphatic carbocycles. The van der Waals surface area contributed by atoms with Crippen LogP contribution in [0.5, 0.6) is 0 Å². The number of aromatic carboxylic acids is 1. The Morgan fingerprint density at radius 2 is 2.00 bits per heavy atom. The third-order valence-electron chi connectivity index (χ3n) is 1.53. The Morgan fingerprint density at radius 3 is 2.53 bits per heavy atom. The zero-order valence-electron chi connectivity index (χ0n) is 7.44. The van der Waals surface area contributed by atoms with Crippen LogP contribution < -0.4 is 0 Å². The highest BCUT2D eigenvalue weighted by molar-refractivity contribution is 8.00. The predicted molar refractivity (Wildman–Crippen MR) is 56.8 cm³/mol. The minimum absolute atomic E-state index is 0.0608. The molecule has 80 valence electrons. The van der Waals surface area contributed by atoms with E-state index in [0.717, 1.165) is 11.8 Å². The molecule has 6 heteroatoms. The fraction of sp³-hybridized carbons (Fsp3) is 0.111. The lowest BCUT2D eigenvalue weighted by Crippen LogP contribution is -2.02. The van der Waals surface area contributed by atoms with Crippen LogP contribution in [-0.2, 0) is 4.79 Å². The molecule has 15 heavy (non-hydrogen) atoms. The first-order chi connectivity index (χ1) is 7.00. The van der Waals surface area contributed by atoms with E-state index < -0.39 is 11.9 Å². The van der Waals surface area contributed by atoms with E-state index in [0.29, 0.717) is 9.92 Å². The van der Waals surface area contributed by atoms with E-state index in [1.165, 1.54) is 18.2 Å². The first-order valence-electron chi connectivity index (χ1n) is 3.88. The predicted octanol–water partition coefficient (Wildman–Crippen LogP) is 2.21. The van der Waals surface area contributed by atoms with Crippen LogP contribution in [0.4, 0.5) is 0 Å². The summed E-state index contributed by atoms with van der Waals surface area (Å²) in [6.07, 6.45) is 0. The average molecular weight is 247 g/mol. The molecule has 1 rings (SSSR count). The summed E-state index contributed by atoms with van der Waals surface area (Å²) < 4.78 is 0. The molecule has 0 saturated carbocycles. The molecular formula is C9H7ClO4S. The first-order valence-corrected chi connectivity index (χ1v) is 5.24. The molecule has 0 radical (unpaired) electrons. The molecule has 0 saturated heterocycles. The Bertz CT molecular complexity index is 405. The van der Waals surface area contributed by atoms with Crippen molar-refractivity contribution in [2.24, 2.45) is 0 Å². The third-order valence-corrected chi connectivity index (χ3v) is 2.80. The molecule has 0 fully saturated rings. The molecular weight excluding hydrogens is 240 g/mol. The van der Waals surface area contributed by atoms with Crippen LogP contribution >= 0.6 is 23.4 Å². The summed E-state index contributed by atoms with van der Waals surface area (Å²) in [5, 5.41) is 17.7. The van der Waals surface area contributed by atoms with Crippen molar-refractivity contribution in [3.8, 4) is 0 Å². The second-order valence-electron chi connectivity index (χ2n) is 2.63. The average Bonchev–Trinajstić information content (AvgIpc) is 2.14. The van der Waals surface area contributed by atoms with Crippen molar-refractivity contribution in [2.75, 3.05) is 5.75 Å². The van der Waals surface area contributed by atoms with Crippen molar-refractivity contribution < 1.29 is 19.8 Å². The molecule has 0 aromatic heterocycles. The van der Waals surface area contributed by atoms with Gasteiger partial charge < -0.3 is 10.2 Å². The van der Waals surface area contributed by atoms with Crippen molar-refractivity contribution >= 4 is 35.3 Å². The number of aliphatic carboxylic acids is 1. The molecule has 2 N–H and O–H groups in total. The van der Waals surface area contributed by atoms with Crippen LogP contribution in [0.25, 0.3) is 0 Å². The molecule has 4 nitrogen and oxygen atoms in total. The van der Waals surface area contributed by atoms with Crippen molar-refractivity contribution in [1.82, 2.24) is 0 Å². The Labute approximate surface area is 94.9 Å². The zero-order valence-corrected chi connectivity index (χ0v) is 9.01. The SMILES string of the molecule is O=C(O)CSc1cc(Cl)ccc1C(=O)O. The van der Waals surface area contributed by atoms with E-state index in [2.05, 4.69) is 0 Å². The van der Waals surface area contributed by atoms with Crippen molar-refractivity contribution in [1.29, 1.82) is 0 Å². The molecule has 0 unspecified atom stereocenters. The van der Waals surface area contributed by atoms with Gasteiger partial charge in [-0.15, -0.1) is 11.8 Å². The van der Waals surface area contributed by atoms with Gasteiger partial charge in [0.2, 0.25) is 0 Å². The summed E-state index contributed by atoms with van der Waals surface area (Å²) in [6.45, 7) is 0. The monoisotopic (exact) mass is 246 g/mol.